The Bertz CT molecular complexity index is 1180. The van der Waals surface area contributed by atoms with Crippen molar-refractivity contribution in [1.29, 1.82) is 0 Å². The number of anilines is 2. The van der Waals surface area contributed by atoms with Crippen molar-refractivity contribution in [3.63, 3.8) is 0 Å². The van der Waals surface area contributed by atoms with Crippen molar-refractivity contribution in [2.24, 2.45) is 0 Å². The van der Waals surface area contributed by atoms with Crippen molar-refractivity contribution in [3.8, 4) is 0 Å². The first-order valence-corrected chi connectivity index (χ1v) is 9.85. The number of rotatable bonds is 2. The van der Waals surface area contributed by atoms with E-state index in [-0.39, 0.29) is 22.4 Å². The Labute approximate surface area is 197 Å². The molecule has 4 nitrogen and oxygen atoms in total. The molecular formula is C26H20AuN4-2. The molecule has 0 aliphatic carbocycles. The molecule has 0 saturated heterocycles. The van der Waals surface area contributed by atoms with Gasteiger partial charge in [-0.25, -0.2) is 0 Å². The van der Waals surface area contributed by atoms with Gasteiger partial charge in [-0.1, -0.05) is 84.6 Å². The summed E-state index contributed by atoms with van der Waals surface area (Å²) in [7, 11) is 0. The van der Waals surface area contributed by atoms with E-state index >= 15 is 0 Å². The molecule has 0 atom stereocenters. The number of pyridine rings is 1. The Morgan fingerprint density at radius 2 is 1.16 bits per heavy atom. The number of para-hydroxylation sites is 3. The third kappa shape index (κ3) is 4.57. The van der Waals surface area contributed by atoms with Crippen LogP contribution in [0.3, 0.4) is 0 Å². The van der Waals surface area contributed by atoms with E-state index in [1.54, 1.807) is 6.20 Å². The monoisotopic (exact) mass is 585 g/mol. The second-order valence-corrected chi connectivity index (χ2v) is 6.90. The molecule has 3 aromatic carbocycles. The maximum absolute atomic E-state index is 4.40. The third-order valence-electron chi connectivity index (χ3n) is 4.95. The maximum atomic E-state index is 4.40. The molecule has 5 heteroatoms. The Morgan fingerprint density at radius 3 is 1.81 bits per heavy atom. The Kier molecular flexibility index (Phi) is 6.53. The normalized spacial score (nSPS) is 12.5. The summed E-state index contributed by atoms with van der Waals surface area (Å²) in [5.74, 6) is 0. The average Bonchev–Trinajstić information content (AvgIpc) is 3.46. The Balaban J connectivity index is 0.000000149. The van der Waals surface area contributed by atoms with Gasteiger partial charge >= 0.3 is 0 Å². The van der Waals surface area contributed by atoms with E-state index in [4.69, 9.17) is 0 Å². The van der Waals surface area contributed by atoms with Crippen LogP contribution in [0.2, 0.25) is 0 Å². The summed E-state index contributed by atoms with van der Waals surface area (Å²) in [6.07, 6.45) is 5.89. The summed E-state index contributed by atoms with van der Waals surface area (Å²) >= 11 is 0. The van der Waals surface area contributed by atoms with E-state index in [0.29, 0.717) is 0 Å². The van der Waals surface area contributed by atoms with Gasteiger partial charge < -0.3 is 19.8 Å². The quantitative estimate of drug-likeness (QED) is 0.190. The van der Waals surface area contributed by atoms with Gasteiger partial charge in [0.1, 0.15) is 0 Å². The van der Waals surface area contributed by atoms with Crippen LogP contribution in [0.15, 0.2) is 116 Å². The number of hydrogen-bond donors (Lipinski definition) is 0. The van der Waals surface area contributed by atoms with Gasteiger partial charge in [0, 0.05) is 33.8 Å². The van der Waals surface area contributed by atoms with Gasteiger partial charge in [-0.05, 0) is 53.0 Å². The molecule has 1 aliphatic rings. The summed E-state index contributed by atoms with van der Waals surface area (Å²) in [5.41, 5.74) is 4.20. The standard InChI is InChI=1S/C15H13N2.C11H7N2.Au/c1-3-7-14(8-4-1)16-11-12-17(13-16)15-9-5-2-6-10-15;1-2-6-10-8(4-1)9-5-3-7-12-11(9)13-10;/h1-13H;1-7H;/q2*-1;. The molecule has 6 rings (SSSR count). The van der Waals surface area contributed by atoms with Gasteiger partial charge in [-0.2, -0.15) is 0 Å². The average molecular weight is 585 g/mol. The van der Waals surface area contributed by atoms with E-state index in [2.05, 4.69) is 75.2 Å². The third-order valence-corrected chi connectivity index (χ3v) is 4.95. The summed E-state index contributed by atoms with van der Waals surface area (Å²) in [4.78, 5) is 12.8. The molecule has 157 valence electrons. The Morgan fingerprint density at radius 1 is 0.613 bits per heavy atom. The van der Waals surface area contributed by atoms with Crippen LogP contribution >= 0.6 is 0 Å². The molecule has 5 aromatic rings. The Hall–Kier alpha value is -3.31. The zero-order chi connectivity index (χ0) is 20.2. The van der Waals surface area contributed by atoms with Crippen molar-refractivity contribution >= 4 is 33.3 Å². The van der Waals surface area contributed by atoms with Gasteiger partial charge in [-0.3, -0.25) is 0 Å². The van der Waals surface area contributed by atoms with E-state index in [1.807, 2.05) is 60.7 Å². The molecule has 1 aliphatic heterocycles. The molecule has 3 heterocycles. The van der Waals surface area contributed by atoms with Crippen molar-refractivity contribution in [2.45, 2.75) is 0 Å². The molecule has 0 fully saturated rings. The van der Waals surface area contributed by atoms with Crippen LogP contribution in [0.4, 0.5) is 11.4 Å². The smallest absolute Gasteiger partial charge is 0.0124 e. The largest absolute Gasteiger partial charge is 0.480 e. The molecule has 2 aromatic heterocycles. The number of hydrogen-bond acceptors (Lipinski definition) is 3. The molecule has 0 amide bonds. The SMILES string of the molecule is C1=CN(c2ccccc2)[CH-]N1c1ccccc1.[Au].c1ccc2c(c1)[n-]c1ncccc12. The first-order valence-electron chi connectivity index (χ1n) is 9.85. The molecular weight excluding hydrogens is 565 g/mol. The van der Waals surface area contributed by atoms with Crippen LogP contribution in [-0.4, -0.2) is 4.98 Å². The molecule has 0 N–H and O–H groups in total. The van der Waals surface area contributed by atoms with Crippen LogP contribution in [0.1, 0.15) is 0 Å². The molecule has 0 saturated carbocycles. The zero-order valence-corrected chi connectivity index (χ0v) is 18.8. The fraction of sp³-hybridized carbons (Fsp3) is 0. The van der Waals surface area contributed by atoms with Crippen LogP contribution in [-0.2, 0) is 22.4 Å². The van der Waals surface area contributed by atoms with Crippen LogP contribution < -0.4 is 14.8 Å². The summed E-state index contributed by atoms with van der Waals surface area (Å²) in [6.45, 7) is 2.07. The number of fused-ring (bicyclic) bond motifs is 3. The van der Waals surface area contributed by atoms with Gasteiger partial charge in [0.2, 0.25) is 0 Å². The summed E-state index contributed by atoms with van der Waals surface area (Å²) < 4.78 is 0. The zero-order valence-electron chi connectivity index (χ0n) is 16.6. The van der Waals surface area contributed by atoms with E-state index in [9.17, 15) is 0 Å². The molecule has 31 heavy (non-hydrogen) atoms. The van der Waals surface area contributed by atoms with Gasteiger partial charge in [0.05, 0.1) is 0 Å². The second kappa shape index (κ2) is 9.67. The minimum Gasteiger partial charge on any atom is -0.480 e. The van der Waals surface area contributed by atoms with Crippen molar-refractivity contribution in [3.05, 3.63) is 122 Å². The topological polar surface area (TPSA) is 33.5 Å². The van der Waals surface area contributed by atoms with Gasteiger partial charge in [0.15, 0.2) is 0 Å². The first-order chi connectivity index (χ1) is 14.9. The van der Waals surface area contributed by atoms with E-state index in [0.717, 1.165) is 16.6 Å². The fourth-order valence-electron chi connectivity index (χ4n) is 3.47. The van der Waals surface area contributed by atoms with Crippen molar-refractivity contribution < 1.29 is 22.4 Å². The van der Waals surface area contributed by atoms with Gasteiger partial charge in [-0.15, -0.1) is 6.67 Å². The first kappa shape index (κ1) is 20.9. The van der Waals surface area contributed by atoms with Crippen LogP contribution in [0.5, 0.6) is 0 Å². The van der Waals surface area contributed by atoms with Crippen molar-refractivity contribution in [2.75, 3.05) is 9.80 Å². The second-order valence-electron chi connectivity index (χ2n) is 6.90. The van der Waals surface area contributed by atoms with Crippen LogP contribution in [0.25, 0.3) is 21.9 Å². The molecule has 0 spiro atoms. The molecule has 0 unspecified atom stereocenters. The van der Waals surface area contributed by atoms with E-state index in [1.165, 1.54) is 16.8 Å². The van der Waals surface area contributed by atoms with Crippen LogP contribution in [0, 0.1) is 6.67 Å². The summed E-state index contributed by atoms with van der Waals surface area (Å²) in [6, 6.07) is 32.7. The summed E-state index contributed by atoms with van der Waals surface area (Å²) in [5, 5.41) is 2.32. The fourth-order valence-corrected chi connectivity index (χ4v) is 3.47. The van der Waals surface area contributed by atoms with Crippen molar-refractivity contribution in [1.82, 2.24) is 9.97 Å². The predicted molar refractivity (Wildman–Crippen MR) is 124 cm³/mol. The molecule has 1 radical (unpaired) electrons. The van der Waals surface area contributed by atoms with E-state index < -0.39 is 0 Å². The molecule has 0 bridgehead atoms. The maximum Gasteiger partial charge on any atom is 0.0124 e. The number of aromatic nitrogens is 2. The minimum absolute atomic E-state index is 0. The van der Waals surface area contributed by atoms with Gasteiger partial charge in [0.25, 0.3) is 0 Å². The number of nitrogens with zero attached hydrogens (tertiary/aromatic N) is 4. The number of benzene rings is 3. The predicted octanol–water partition coefficient (Wildman–Crippen LogP) is 5.95. The minimum atomic E-state index is 0.